The van der Waals surface area contributed by atoms with E-state index in [9.17, 15) is 0 Å². The molecule has 0 heterocycles. The van der Waals surface area contributed by atoms with Gasteiger partial charge in [-0.3, -0.25) is 0 Å². The summed E-state index contributed by atoms with van der Waals surface area (Å²) in [4.78, 5) is 0. The van der Waals surface area contributed by atoms with Crippen LogP contribution in [0.15, 0.2) is 28.7 Å². The lowest BCUT2D eigenvalue weighted by atomic mass is 9.54. The van der Waals surface area contributed by atoms with Crippen LogP contribution in [0.3, 0.4) is 0 Å². The van der Waals surface area contributed by atoms with Crippen molar-refractivity contribution < 1.29 is 4.74 Å². The first kappa shape index (κ1) is 12.4. The summed E-state index contributed by atoms with van der Waals surface area (Å²) in [7, 11) is 0. The summed E-state index contributed by atoms with van der Waals surface area (Å²) in [5.41, 5.74) is 1.54. The van der Waals surface area contributed by atoms with Gasteiger partial charge >= 0.3 is 0 Å². The molecule has 0 radical (unpaired) electrons. The monoisotopic (exact) mass is 320 g/mol. The van der Waals surface area contributed by atoms with Crippen molar-refractivity contribution in [3.63, 3.8) is 0 Å². The van der Waals surface area contributed by atoms with Crippen LogP contribution < -0.4 is 0 Å². The fourth-order valence-corrected chi connectivity index (χ4v) is 5.29. The molecule has 5 rings (SSSR count). The Labute approximate surface area is 123 Å². The summed E-state index contributed by atoms with van der Waals surface area (Å²) in [6.45, 7) is 0.791. The minimum Gasteiger partial charge on any atom is -0.370 e. The first-order valence-electron chi connectivity index (χ1n) is 7.59. The molecule has 0 saturated heterocycles. The van der Waals surface area contributed by atoms with Crippen LogP contribution in [0.25, 0.3) is 0 Å². The second kappa shape index (κ2) is 4.60. The van der Waals surface area contributed by atoms with Gasteiger partial charge in [-0.05, 0) is 74.0 Å². The number of hydrogen-bond donors (Lipinski definition) is 0. The van der Waals surface area contributed by atoms with Crippen molar-refractivity contribution in [1.82, 2.24) is 0 Å². The van der Waals surface area contributed by atoms with Gasteiger partial charge in [0, 0.05) is 4.47 Å². The van der Waals surface area contributed by atoms with E-state index in [1.54, 1.807) is 0 Å². The Morgan fingerprint density at radius 1 is 0.947 bits per heavy atom. The maximum atomic E-state index is 6.45. The molecule has 4 aliphatic rings. The molecule has 4 fully saturated rings. The average Bonchev–Trinajstić information content (AvgIpc) is 2.36. The van der Waals surface area contributed by atoms with Gasteiger partial charge in [0.2, 0.25) is 0 Å². The van der Waals surface area contributed by atoms with Crippen LogP contribution in [0.2, 0.25) is 0 Å². The Bertz CT molecular complexity index is 429. The fraction of sp³-hybridized carbons (Fsp3) is 0.647. The minimum atomic E-state index is 0.238. The Hall–Kier alpha value is -0.340. The second-order valence-electron chi connectivity index (χ2n) is 7.02. The number of benzene rings is 1. The van der Waals surface area contributed by atoms with Crippen molar-refractivity contribution in [2.45, 2.75) is 50.7 Å². The third kappa shape index (κ3) is 2.38. The molecule has 0 aliphatic heterocycles. The van der Waals surface area contributed by atoms with E-state index >= 15 is 0 Å². The van der Waals surface area contributed by atoms with E-state index in [1.165, 1.54) is 44.1 Å². The molecule has 0 atom stereocenters. The molecular formula is C17H21BrO. The second-order valence-corrected chi connectivity index (χ2v) is 7.93. The molecule has 0 aromatic heterocycles. The van der Waals surface area contributed by atoms with Gasteiger partial charge in [-0.1, -0.05) is 28.1 Å². The number of rotatable bonds is 3. The van der Waals surface area contributed by atoms with Gasteiger partial charge in [-0.2, -0.15) is 0 Å². The molecule has 1 aromatic rings. The van der Waals surface area contributed by atoms with E-state index in [4.69, 9.17) is 4.74 Å². The van der Waals surface area contributed by atoms with Crippen molar-refractivity contribution >= 4 is 15.9 Å². The normalized spacial score (nSPS) is 39.7. The van der Waals surface area contributed by atoms with Crippen LogP contribution in [0, 0.1) is 17.8 Å². The highest BCUT2D eigenvalue weighted by Crippen LogP contribution is 2.57. The van der Waals surface area contributed by atoms with Gasteiger partial charge in [0.1, 0.15) is 0 Å². The third-order valence-corrected chi connectivity index (χ3v) is 5.97. The molecule has 0 spiro atoms. The first-order chi connectivity index (χ1) is 9.21. The number of ether oxygens (including phenoxy) is 1. The summed E-state index contributed by atoms with van der Waals surface area (Å²) in [6.07, 6.45) is 8.45. The highest BCUT2D eigenvalue weighted by atomic mass is 79.9. The van der Waals surface area contributed by atoms with Gasteiger partial charge in [0.05, 0.1) is 12.2 Å². The van der Waals surface area contributed by atoms with Crippen molar-refractivity contribution in [3.05, 3.63) is 34.3 Å². The molecular weight excluding hydrogens is 300 g/mol. The Morgan fingerprint density at radius 3 is 2.00 bits per heavy atom. The van der Waals surface area contributed by atoms with E-state index in [0.29, 0.717) is 0 Å². The lowest BCUT2D eigenvalue weighted by Gasteiger charge is -2.56. The highest BCUT2D eigenvalue weighted by molar-refractivity contribution is 9.10. The average molecular weight is 321 g/mol. The summed E-state index contributed by atoms with van der Waals surface area (Å²) in [5.74, 6) is 2.91. The molecule has 0 unspecified atom stereocenters. The van der Waals surface area contributed by atoms with Gasteiger partial charge in [0.15, 0.2) is 0 Å². The van der Waals surface area contributed by atoms with Crippen molar-refractivity contribution in [1.29, 1.82) is 0 Å². The third-order valence-electron chi connectivity index (χ3n) is 5.44. The van der Waals surface area contributed by atoms with Gasteiger partial charge in [-0.15, -0.1) is 0 Å². The summed E-state index contributed by atoms with van der Waals surface area (Å²) in [6, 6.07) is 8.56. The van der Waals surface area contributed by atoms with Gasteiger partial charge in [-0.25, -0.2) is 0 Å². The molecule has 1 aromatic carbocycles. The maximum absolute atomic E-state index is 6.45. The first-order valence-corrected chi connectivity index (χ1v) is 8.38. The van der Waals surface area contributed by atoms with Crippen molar-refractivity contribution in [3.8, 4) is 0 Å². The minimum absolute atomic E-state index is 0.238. The van der Waals surface area contributed by atoms with Crippen LogP contribution in [0.4, 0.5) is 0 Å². The molecule has 4 saturated carbocycles. The van der Waals surface area contributed by atoms with Crippen molar-refractivity contribution in [2.75, 3.05) is 0 Å². The molecule has 102 valence electrons. The maximum Gasteiger partial charge on any atom is 0.0724 e. The molecule has 2 heteroatoms. The predicted molar refractivity (Wildman–Crippen MR) is 79.8 cm³/mol. The highest BCUT2D eigenvalue weighted by Gasteiger charge is 2.51. The van der Waals surface area contributed by atoms with Crippen LogP contribution in [0.1, 0.15) is 44.1 Å². The van der Waals surface area contributed by atoms with Gasteiger partial charge in [0.25, 0.3) is 0 Å². The summed E-state index contributed by atoms with van der Waals surface area (Å²) in [5, 5.41) is 0. The molecule has 4 bridgehead atoms. The smallest absolute Gasteiger partial charge is 0.0724 e. The quantitative estimate of drug-likeness (QED) is 0.766. The topological polar surface area (TPSA) is 9.23 Å². The predicted octanol–water partition coefficient (Wildman–Crippen LogP) is 4.93. The molecule has 0 amide bonds. The Kier molecular flexibility index (Phi) is 3.00. The zero-order valence-corrected chi connectivity index (χ0v) is 12.9. The molecule has 1 nitrogen and oxygen atoms in total. The van der Waals surface area contributed by atoms with E-state index in [2.05, 4.69) is 40.2 Å². The largest absolute Gasteiger partial charge is 0.370 e. The van der Waals surface area contributed by atoms with Crippen molar-refractivity contribution in [2.24, 2.45) is 17.8 Å². The molecule has 4 aliphatic carbocycles. The Morgan fingerprint density at radius 2 is 1.47 bits per heavy atom. The fourth-order valence-electron chi connectivity index (χ4n) is 5.03. The van der Waals surface area contributed by atoms with Crippen LogP contribution in [-0.4, -0.2) is 5.60 Å². The lowest BCUT2D eigenvalue weighted by molar-refractivity contribution is -0.168. The Balaban J connectivity index is 1.46. The van der Waals surface area contributed by atoms with Crippen LogP contribution in [-0.2, 0) is 11.3 Å². The van der Waals surface area contributed by atoms with E-state index < -0.39 is 0 Å². The summed E-state index contributed by atoms with van der Waals surface area (Å²) < 4.78 is 7.60. The van der Waals surface area contributed by atoms with Gasteiger partial charge < -0.3 is 4.74 Å². The van der Waals surface area contributed by atoms with E-state index in [-0.39, 0.29) is 5.60 Å². The standard InChI is InChI=1S/C17H21BrO/c18-16-3-1-12(2-4-16)11-19-17-8-13-5-14(9-17)7-15(6-13)10-17/h1-4,13-15H,5-11H2. The van der Waals surface area contributed by atoms with E-state index in [1.807, 2.05) is 0 Å². The zero-order chi connectivity index (χ0) is 12.9. The molecule has 19 heavy (non-hydrogen) atoms. The summed E-state index contributed by atoms with van der Waals surface area (Å²) >= 11 is 3.49. The zero-order valence-electron chi connectivity index (χ0n) is 11.3. The lowest BCUT2D eigenvalue weighted by Crippen LogP contribution is -2.51. The van der Waals surface area contributed by atoms with Crippen LogP contribution >= 0.6 is 15.9 Å². The molecule has 0 N–H and O–H groups in total. The number of hydrogen-bond acceptors (Lipinski definition) is 1. The SMILES string of the molecule is Brc1ccc(COC23CC4CC(CC(C4)C2)C3)cc1. The van der Waals surface area contributed by atoms with E-state index in [0.717, 1.165) is 28.8 Å². The van der Waals surface area contributed by atoms with Crippen LogP contribution in [0.5, 0.6) is 0 Å². The number of halogens is 1.